The standard InChI is InChI=1S/C24H29N5O4S/c1-5-33-20-9-7-6-8-19(20)26-22(31)15-34-24-28-27-23(29(24)3)16(2)25-21(30)14-17-10-12-18(32-4)13-11-17/h6-13,16H,5,14-15H2,1-4H3,(H,25,30)(H,26,31)/t16-/m1/s1. The van der Waals surface area contributed by atoms with Gasteiger partial charge in [-0.2, -0.15) is 0 Å². The van der Waals surface area contributed by atoms with Gasteiger partial charge < -0.3 is 24.7 Å². The van der Waals surface area contributed by atoms with Gasteiger partial charge in [0.05, 0.1) is 37.6 Å². The minimum Gasteiger partial charge on any atom is -0.497 e. The maximum Gasteiger partial charge on any atom is 0.234 e. The van der Waals surface area contributed by atoms with E-state index < -0.39 is 0 Å². The third kappa shape index (κ3) is 6.74. The molecule has 0 unspecified atom stereocenters. The van der Waals surface area contributed by atoms with Crippen LogP contribution in [-0.4, -0.2) is 46.0 Å². The Bertz CT molecular complexity index is 1120. The average molecular weight is 484 g/mol. The Morgan fingerprint density at radius 2 is 1.82 bits per heavy atom. The van der Waals surface area contributed by atoms with E-state index >= 15 is 0 Å². The Hall–Kier alpha value is -3.53. The summed E-state index contributed by atoms with van der Waals surface area (Å²) in [6, 6.07) is 14.3. The molecule has 2 N–H and O–H groups in total. The van der Waals surface area contributed by atoms with E-state index in [0.717, 1.165) is 11.3 Å². The average Bonchev–Trinajstić information content (AvgIpc) is 3.20. The van der Waals surface area contributed by atoms with Gasteiger partial charge in [-0.15, -0.1) is 10.2 Å². The number of carbonyl (C=O) groups is 2. The smallest absolute Gasteiger partial charge is 0.234 e. The second-order valence-corrected chi connectivity index (χ2v) is 8.42. The second kappa shape index (κ2) is 12.1. The van der Waals surface area contributed by atoms with Crippen LogP contribution in [0.5, 0.6) is 11.5 Å². The molecule has 34 heavy (non-hydrogen) atoms. The molecule has 0 fully saturated rings. The third-order valence-electron chi connectivity index (χ3n) is 4.95. The van der Waals surface area contributed by atoms with Crippen molar-refractivity contribution >= 4 is 29.3 Å². The van der Waals surface area contributed by atoms with Crippen LogP contribution in [0.15, 0.2) is 53.7 Å². The number of nitrogens with one attached hydrogen (secondary N) is 2. The quantitative estimate of drug-likeness (QED) is 0.403. The maximum absolute atomic E-state index is 12.5. The van der Waals surface area contributed by atoms with Gasteiger partial charge in [0.25, 0.3) is 0 Å². The molecule has 10 heteroatoms. The van der Waals surface area contributed by atoms with Crippen molar-refractivity contribution in [3.63, 3.8) is 0 Å². The minimum absolute atomic E-state index is 0.123. The van der Waals surface area contributed by atoms with Gasteiger partial charge in [-0.05, 0) is 43.7 Å². The van der Waals surface area contributed by atoms with Crippen LogP contribution in [0, 0.1) is 0 Å². The van der Waals surface area contributed by atoms with Crippen LogP contribution in [-0.2, 0) is 23.1 Å². The summed E-state index contributed by atoms with van der Waals surface area (Å²) in [5.74, 6) is 1.83. The molecule has 0 spiro atoms. The van der Waals surface area contributed by atoms with Crippen LogP contribution >= 0.6 is 11.8 Å². The van der Waals surface area contributed by atoms with E-state index in [4.69, 9.17) is 9.47 Å². The number of hydrogen-bond donors (Lipinski definition) is 2. The summed E-state index contributed by atoms with van der Waals surface area (Å²) >= 11 is 1.27. The molecular formula is C24H29N5O4S. The van der Waals surface area contributed by atoms with E-state index in [2.05, 4.69) is 20.8 Å². The molecule has 9 nitrogen and oxygen atoms in total. The van der Waals surface area contributed by atoms with E-state index in [-0.39, 0.29) is 30.0 Å². The normalized spacial score (nSPS) is 11.5. The number of carbonyl (C=O) groups excluding carboxylic acids is 2. The summed E-state index contributed by atoms with van der Waals surface area (Å²) in [6.07, 6.45) is 0.247. The number of rotatable bonds is 11. The van der Waals surface area contributed by atoms with Gasteiger partial charge in [-0.3, -0.25) is 9.59 Å². The first-order chi connectivity index (χ1) is 16.4. The number of thioether (sulfide) groups is 1. The predicted octanol–water partition coefficient (Wildman–Crippen LogP) is 3.37. The second-order valence-electron chi connectivity index (χ2n) is 7.48. The van der Waals surface area contributed by atoms with Crippen LogP contribution in [0.1, 0.15) is 31.3 Å². The molecule has 0 saturated carbocycles. The van der Waals surface area contributed by atoms with Crippen LogP contribution in [0.25, 0.3) is 0 Å². The summed E-state index contributed by atoms with van der Waals surface area (Å²) in [6.45, 7) is 4.25. The number of hydrogen-bond acceptors (Lipinski definition) is 7. The molecule has 1 atom stereocenters. The van der Waals surface area contributed by atoms with Gasteiger partial charge in [0.1, 0.15) is 11.5 Å². The summed E-state index contributed by atoms with van der Waals surface area (Å²) in [7, 11) is 3.41. The van der Waals surface area contributed by atoms with E-state index in [1.165, 1.54) is 11.8 Å². The fraction of sp³-hybridized carbons (Fsp3) is 0.333. The zero-order valence-electron chi connectivity index (χ0n) is 19.7. The van der Waals surface area contributed by atoms with Crippen molar-refractivity contribution in [2.45, 2.75) is 31.5 Å². The third-order valence-corrected chi connectivity index (χ3v) is 5.97. The van der Waals surface area contributed by atoms with Crippen LogP contribution in [0.4, 0.5) is 5.69 Å². The SMILES string of the molecule is CCOc1ccccc1NC(=O)CSc1nnc([C@@H](C)NC(=O)Cc2ccc(OC)cc2)n1C. The van der Waals surface area contributed by atoms with Crippen molar-refractivity contribution in [3.05, 3.63) is 59.9 Å². The maximum atomic E-state index is 12.5. The molecule has 0 aliphatic carbocycles. The zero-order chi connectivity index (χ0) is 24.5. The molecule has 0 aliphatic rings. The number of methoxy groups -OCH3 is 1. The number of nitrogens with zero attached hydrogens (tertiary/aromatic N) is 3. The Morgan fingerprint density at radius 3 is 2.53 bits per heavy atom. The van der Waals surface area contributed by atoms with E-state index in [9.17, 15) is 9.59 Å². The van der Waals surface area contributed by atoms with Crippen LogP contribution in [0.3, 0.4) is 0 Å². The fourth-order valence-corrected chi connectivity index (χ4v) is 4.00. The van der Waals surface area contributed by atoms with E-state index in [1.807, 2.05) is 63.4 Å². The Labute approximate surface area is 203 Å². The van der Waals surface area contributed by atoms with Gasteiger partial charge in [-0.25, -0.2) is 0 Å². The van der Waals surface area contributed by atoms with Crippen molar-refractivity contribution in [1.82, 2.24) is 20.1 Å². The van der Waals surface area contributed by atoms with Gasteiger partial charge in [0.15, 0.2) is 11.0 Å². The van der Waals surface area contributed by atoms with Crippen LogP contribution < -0.4 is 20.1 Å². The number of benzene rings is 2. The van der Waals surface area contributed by atoms with Crippen molar-refractivity contribution in [3.8, 4) is 11.5 Å². The molecule has 1 heterocycles. The molecule has 0 aliphatic heterocycles. The number of amides is 2. The molecule has 0 bridgehead atoms. The topological polar surface area (TPSA) is 107 Å². The number of aromatic nitrogens is 3. The van der Waals surface area contributed by atoms with Gasteiger partial charge in [0.2, 0.25) is 11.8 Å². The van der Waals surface area contributed by atoms with Crippen molar-refractivity contribution in [1.29, 1.82) is 0 Å². The summed E-state index contributed by atoms with van der Waals surface area (Å²) < 4.78 is 12.5. The summed E-state index contributed by atoms with van der Waals surface area (Å²) in [4.78, 5) is 24.9. The molecule has 0 saturated heterocycles. The molecule has 3 rings (SSSR count). The number of anilines is 1. The molecule has 2 amide bonds. The van der Waals surface area contributed by atoms with Gasteiger partial charge >= 0.3 is 0 Å². The van der Waals surface area contributed by atoms with Crippen LogP contribution in [0.2, 0.25) is 0 Å². The molecule has 1 aromatic heterocycles. The highest BCUT2D eigenvalue weighted by Gasteiger charge is 2.19. The van der Waals surface area contributed by atoms with Gasteiger partial charge in [0, 0.05) is 7.05 Å². The highest BCUT2D eigenvalue weighted by Crippen LogP contribution is 2.25. The van der Waals surface area contributed by atoms with Crippen molar-refractivity contribution in [2.24, 2.45) is 7.05 Å². The molecule has 0 radical (unpaired) electrons. The first-order valence-corrected chi connectivity index (χ1v) is 11.9. The lowest BCUT2D eigenvalue weighted by Gasteiger charge is -2.14. The number of para-hydroxylation sites is 2. The summed E-state index contributed by atoms with van der Waals surface area (Å²) in [5.41, 5.74) is 1.51. The monoisotopic (exact) mass is 483 g/mol. The van der Waals surface area contributed by atoms with E-state index in [0.29, 0.717) is 29.0 Å². The molecule has 3 aromatic rings. The van der Waals surface area contributed by atoms with Crippen molar-refractivity contribution in [2.75, 3.05) is 24.8 Å². The first kappa shape index (κ1) is 25.1. The fourth-order valence-electron chi connectivity index (χ4n) is 3.28. The summed E-state index contributed by atoms with van der Waals surface area (Å²) in [5, 5.41) is 14.8. The lowest BCUT2D eigenvalue weighted by molar-refractivity contribution is -0.121. The molecule has 2 aromatic carbocycles. The molecule has 180 valence electrons. The zero-order valence-corrected chi connectivity index (χ0v) is 20.5. The highest BCUT2D eigenvalue weighted by molar-refractivity contribution is 7.99. The van der Waals surface area contributed by atoms with Crippen molar-refractivity contribution < 1.29 is 19.1 Å². The first-order valence-electron chi connectivity index (χ1n) is 10.9. The largest absolute Gasteiger partial charge is 0.497 e. The Morgan fingerprint density at radius 1 is 1.09 bits per heavy atom. The lowest BCUT2D eigenvalue weighted by atomic mass is 10.1. The predicted molar refractivity (Wildman–Crippen MR) is 131 cm³/mol. The minimum atomic E-state index is -0.343. The van der Waals surface area contributed by atoms with E-state index in [1.54, 1.807) is 17.7 Å². The Balaban J connectivity index is 1.53. The number of ether oxygens (including phenoxy) is 2. The lowest BCUT2D eigenvalue weighted by Crippen LogP contribution is -2.29. The molecular weight excluding hydrogens is 454 g/mol. The Kier molecular flexibility index (Phi) is 8.92. The van der Waals surface area contributed by atoms with Gasteiger partial charge in [-0.1, -0.05) is 36.0 Å². The highest BCUT2D eigenvalue weighted by atomic mass is 32.2.